The van der Waals surface area contributed by atoms with Gasteiger partial charge in [-0.15, -0.1) is 11.6 Å². The van der Waals surface area contributed by atoms with Crippen LogP contribution in [0.25, 0.3) is 11.2 Å². The Kier molecular flexibility index (Phi) is 8.04. The Hall–Kier alpha value is -2.02. The van der Waals surface area contributed by atoms with Gasteiger partial charge in [0.15, 0.2) is 17.4 Å². The van der Waals surface area contributed by atoms with Gasteiger partial charge in [0, 0.05) is 0 Å². The minimum absolute atomic E-state index is 0.00979. The van der Waals surface area contributed by atoms with E-state index in [1.54, 1.807) is 25.3 Å². The first-order valence-electron chi connectivity index (χ1n) is 12.2. The van der Waals surface area contributed by atoms with Crippen LogP contribution in [0.5, 0.6) is 5.88 Å². The molecule has 15 heteroatoms. The van der Waals surface area contributed by atoms with Crippen molar-refractivity contribution in [2.45, 2.75) is 70.9 Å². The number of aromatic nitrogens is 4. The Morgan fingerprint density at radius 2 is 2.11 bits per heavy atom. The molecular weight excluding hydrogens is 527 g/mol. The van der Waals surface area contributed by atoms with E-state index in [2.05, 4.69) is 20.0 Å². The molecule has 6 atom stereocenters. The number of hydrogen-bond donors (Lipinski definition) is 2. The highest BCUT2D eigenvalue weighted by Gasteiger charge is 2.60. The Morgan fingerprint density at radius 1 is 1.38 bits per heavy atom. The van der Waals surface area contributed by atoms with E-state index in [4.69, 9.17) is 40.6 Å². The first kappa shape index (κ1) is 28.0. The molecule has 206 valence electrons. The number of alkyl halides is 1. The number of carbonyl (C=O) groups excluding carboxylic acids is 1. The second-order valence-corrected chi connectivity index (χ2v) is 12.4. The van der Waals surface area contributed by atoms with Gasteiger partial charge in [0.2, 0.25) is 11.8 Å². The third kappa shape index (κ3) is 5.57. The van der Waals surface area contributed by atoms with Gasteiger partial charge in [-0.1, -0.05) is 27.7 Å². The molecule has 4 rings (SSSR count). The molecule has 0 saturated carbocycles. The molecule has 2 aliphatic rings. The number of nitrogens with two attached hydrogens (primary N) is 1. The molecule has 2 saturated heterocycles. The predicted molar refractivity (Wildman–Crippen MR) is 135 cm³/mol. The number of carbonyl (C=O) groups is 1. The normalized spacial score (nSPS) is 30.6. The van der Waals surface area contributed by atoms with E-state index in [0.717, 1.165) is 0 Å². The molecule has 2 fully saturated rings. The van der Waals surface area contributed by atoms with E-state index in [0.29, 0.717) is 17.8 Å². The van der Waals surface area contributed by atoms with Gasteiger partial charge in [-0.05, 0) is 19.8 Å². The summed E-state index contributed by atoms with van der Waals surface area (Å²) < 4.78 is 44.0. The maximum atomic E-state index is 13.6. The fourth-order valence-corrected chi connectivity index (χ4v) is 6.54. The maximum absolute atomic E-state index is 13.6. The second-order valence-electron chi connectivity index (χ2n) is 9.91. The molecule has 0 amide bonds. The molecule has 0 spiro atoms. The van der Waals surface area contributed by atoms with Crippen molar-refractivity contribution in [2.24, 2.45) is 11.8 Å². The summed E-state index contributed by atoms with van der Waals surface area (Å²) in [7, 11) is -3.83. The summed E-state index contributed by atoms with van der Waals surface area (Å²) in [4.78, 5) is 23.6. The first-order valence-corrected chi connectivity index (χ1v) is 14.1. The van der Waals surface area contributed by atoms with E-state index < -0.39 is 37.1 Å². The number of hydrogen-bond acceptors (Lipinski definition) is 11. The zero-order chi connectivity index (χ0) is 27.1. The quantitative estimate of drug-likeness (QED) is 0.262. The molecule has 0 aliphatic carbocycles. The summed E-state index contributed by atoms with van der Waals surface area (Å²) in [6, 6.07) is -0.473. The van der Waals surface area contributed by atoms with E-state index in [9.17, 15) is 9.36 Å². The fraction of sp³-hybridized carbons (Fsp3) is 0.727. The van der Waals surface area contributed by atoms with E-state index in [1.165, 1.54) is 6.33 Å². The Morgan fingerprint density at radius 3 is 2.76 bits per heavy atom. The number of anilines is 1. The summed E-state index contributed by atoms with van der Waals surface area (Å²) >= 11 is 7.03. The average molecular weight is 561 g/mol. The van der Waals surface area contributed by atoms with Crippen molar-refractivity contribution < 1.29 is 32.6 Å². The highest BCUT2D eigenvalue weighted by Crippen LogP contribution is 2.58. The monoisotopic (exact) mass is 560 g/mol. The summed E-state index contributed by atoms with van der Waals surface area (Å²) in [5.41, 5.74) is 6.67. The molecule has 0 bridgehead atoms. The van der Waals surface area contributed by atoms with Gasteiger partial charge >= 0.3 is 13.7 Å². The maximum Gasteiger partial charge on any atom is 0.406 e. The van der Waals surface area contributed by atoms with Crippen LogP contribution < -0.4 is 15.6 Å². The zero-order valence-electron chi connectivity index (χ0n) is 21.7. The molecule has 2 aliphatic heterocycles. The van der Waals surface area contributed by atoms with Crippen molar-refractivity contribution in [1.82, 2.24) is 24.6 Å². The molecule has 2 aromatic rings. The lowest BCUT2D eigenvalue weighted by Gasteiger charge is -2.37. The molecule has 3 N–H and O–H groups in total. The number of nitrogens with one attached hydrogen (secondary N) is 1. The third-order valence-electron chi connectivity index (χ3n) is 6.29. The smallest absolute Gasteiger partial charge is 0.406 e. The van der Waals surface area contributed by atoms with E-state index >= 15 is 0 Å². The number of nitrogen functional groups attached to an aromatic ring is 1. The summed E-state index contributed by atoms with van der Waals surface area (Å²) in [6.07, 6.45) is -0.711. The molecule has 1 unspecified atom stereocenters. The number of ether oxygens (including phenoxy) is 3. The standard InChI is InChI=1S/C22H34ClN6O7P/c1-7-32-18-15-17(26-21(24)27-18)29(10-25-15)20-22(6,23)16-14(35-20)9-34-37(31,36-16)28-13(11(2)3)8-33-19(30)12(4)5/h10-14,16,20H,7-9H2,1-6H3,(H,28,31)(H2,24,26,27)/t13-,14+,16+,20+,22+,37?/m0/s1. The number of rotatable bonds is 9. The predicted octanol–water partition coefficient (Wildman–Crippen LogP) is 3.04. The molecular formula is C22H34ClN6O7P. The minimum atomic E-state index is -3.83. The lowest BCUT2D eigenvalue weighted by atomic mass is 10.0. The van der Waals surface area contributed by atoms with Gasteiger partial charge in [0.25, 0.3) is 0 Å². The largest absolute Gasteiger partial charge is 0.476 e. The van der Waals surface area contributed by atoms with Crippen LogP contribution in [0.1, 0.15) is 47.8 Å². The third-order valence-corrected chi connectivity index (χ3v) is 8.33. The molecule has 13 nitrogen and oxygen atoms in total. The molecule has 2 aromatic heterocycles. The van der Waals surface area contributed by atoms with Crippen molar-refractivity contribution in [1.29, 1.82) is 0 Å². The molecule has 0 radical (unpaired) electrons. The molecule has 37 heavy (non-hydrogen) atoms. The van der Waals surface area contributed by atoms with Gasteiger partial charge < -0.3 is 19.9 Å². The van der Waals surface area contributed by atoms with Crippen LogP contribution in [-0.4, -0.2) is 68.4 Å². The Labute approximate surface area is 220 Å². The van der Waals surface area contributed by atoms with E-state index in [1.807, 2.05) is 20.8 Å². The van der Waals surface area contributed by atoms with Crippen LogP contribution in [0.4, 0.5) is 5.95 Å². The van der Waals surface area contributed by atoms with Crippen LogP contribution >= 0.6 is 19.3 Å². The lowest BCUT2D eigenvalue weighted by molar-refractivity contribution is -0.148. The number of esters is 1. The first-order chi connectivity index (χ1) is 17.4. The van der Waals surface area contributed by atoms with Gasteiger partial charge in [0.05, 0.1) is 31.5 Å². The zero-order valence-corrected chi connectivity index (χ0v) is 23.4. The Bertz CT molecular complexity index is 1190. The topological polar surface area (TPSA) is 162 Å². The van der Waals surface area contributed by atoms with Crippen LogP contribution in [0, 0.1) is 11.8 Å². The van der Waals surface area contributed by atoms with Gasteiger partial charge in [-0.2, -0.15) is 9.97 Å². The van der Waals surface area contributed by atoms with Crippen molar-refractivity contribution >= 4 is 42.4 Å². The molecule has 0 aromatic carbocycles. The summed E-state index contributed by atoms with van der Waals surface area (Å²) in [5.74, 6) is -0.397. The molecule has 4 heterocycles. The van der Waals surface area contributed by atoms with E-state index in [-0.39, 0.29) is 42.8 Å². The average Bonchev–Trinajstić information content (AvgIpc) is 3.34. The fourth-order valence-electron chi connectivity index (χ4n) is 4.16. The van der Waals surface area contributed by atoms with Gasteiger partial charge in [-0.3, -0.25) is 18.4 Å². The van der Waals surface area contributed by atoms with Crippen LogP contribution in [-0.2, 0) is 27.9 Å². The number of halogens is 1. The van der Waals surface area contributed by atoms with Gasteiger partial charge in [-0.25, -0.2) is 14.6 Å². The van der Waals surface area contributed by atoms with Crippen molar-refractivity contribution in [3.8, 4) is 5.88 Å². The van der Waals surface area contributed by atoms with Crippen molar-refractivity contribution in [3.05, 3.63) is 6.33 Å². The SMILES string of the molecule is CCOc1nc(N)nc2c1ncn2[C@@H]1O[C@@H]2COP(=O)(N[C@@H](COC(=O)C(C)C)C(C)C)O[C@H]2[C@@]1(C)Cl. The number of imidazole rings is 1. The second kappa shape index (κ2) is 10.6. The highest BCUT2D eigenvalue weighted by atomic mass is 35.5. The van der Waals surface area contributed by atoms with Crippen LogP contribution in [0.3, 0.4) is 0 Å². The minimum Gasteiger partial charge on any atom is -0.476 e. The van der Waals surface area contributed by atoms with Crippen LogP contribution in [0.2, 0.25) is 0 Å². The van der Waals surface area contributed by atoms with Crippen molar-refractivity contribution in [2.75, 3.05) is 25.6 Å². The number of nitrogens with zero attached hydrogens (tertiary/aromatic N) is 4. The lowest BCUT2D eigenvalue weighted by Crippen LogP contribution is -2.47. The number of fused-ring (bicyclic) bond motifs is 2. The van der Waals surface area contributed by atoms with Gasteiger partial charge in [0.1, 0.15) is 23.7 Å². The summed E-state index contributed by atoms with van der Waals surface area (Å²) in [5, 5.41) is 2.93. The Balaban J connectivity index is 1.55. The highest BCUT2D eigenvalue weighted by molar-refractivity contribution is 7.51. The van der Waals surface area contributed by atoms with Crippen LogP contribution in [0.15, 0.2) is 6.33 Å². The summed E-state index contributed by atoms with van der Waals surface area (Å²) in [6.45, 7) is 11.2. The van der Waals surface area contributed by atoms with Crippen molar-refractivity contribution in [3.63, 3.8) is 0 Å².